The molecule has 0 spiro atoms. The summed E-state index contributed by atoms with van der Waals surface area (Å²) >= 11 is 1.99. The Morgan fingerprint density at radius 3 is 2.90 bits per heavy atom. The van der Waals surface area contributed by atoms with Gasteiger partial charge in [0.05, 0.1) is 0 Å². The Bertz CT molecular complexity index is 246. The molecular formula is C6H7NOSSe. The van der Waals surface area contributed by atoms with E-state index in [9.17, 15) is 4.79 Å². The van der Waals surface area contributed by atoms with Crippen LogP contribution in [0.4, 0.5) is 0 Å². The molecule has 0 radical (unpaired) electrons. The van der Waals surface area contributed by atoms with Crippen molar-refractivity contribution in [1.29, 1.82) is 0 Å². The van der Waals surface area contributed by atoms with Gasteiger partial charge in [-0.3, -0.25) is 0 Å². The number of amides is 1. The standard InChI is InChI=1S/C6H7NOSSe/c1-10-6-4(5(7)8)2-3-9-6/h2-3H,1H3,(H2,7,8). The van der Waals surface area contributed by atoms with Crippen molar-refractivity contribution in [3.63, 3.8) is 0 Å². The van der Waals surface area contributed by atoms with Crippen LogP contribution >= 0.6 is 11.3 Å². The second kappa shape index (κ2) is 3.19. The number of nitrogens with two attached hydrogens (primary N) is 1. The van der Waals surface area contributed by atoms with E-state index in [1.165, 1.54) is 0 Å². The summed E-state index contributed by atoms with van der Waals surface area (Å²) in [7, 11) is 0. The molecule has 0 aromatic carbocycles. The topological polar surface area (TPSA) is 43.1 Å². The molecule has 54 valence electrons. The third kappa shape index (κ3) is 1.40. The predicted molar refractivity (Wildman–Crippen MR) is 44.1 cm³/mol. The van der Waals surface area contributed by atoms with Crippen LogP contribution in [0.2, 0.25) is 5.82 Å². The normalized spacial score (nSPS) is 9.70. The molecule has 1 rings (SSSR count). The van der Waals surface area contributed by atoms with Crippen LogP contribution in [0.25, 0.3) is 0 Å². The Morgan fingerprint density at radius 2 is 2.50 bits per heavy atom. The van der Waals surface area contributed by atoms with E-state index < -0.39 is 0 Å². The van der Waals surface area contributed by atoms with E-state index in [1.54, 1.807) is 17.4 Å². The predicted octanol–water partition coefficient (Wildman–Crippen LogP) is 0.225. The van der Waals surface area contributed by atoms with Crippen molar-refractivity contribution >= 4 is 36.0 Å². The molecule has 2 N–H and O–H groups in total. The van der Waals surface area contributed by atoms with Gasteiger partial charge in [-0.15, -0.1) is 0 Å². The molecular weight excluding hydrogens is 213 g/mol. The molecule has 0 aliphatic carbocycles. The zero-order valence-corrected chi connectivity index (χ0v) is 7.99. The molecule has 0 bridgehead atoms. The zero-order valence-electron chi connectivity index (χ0n) is 5.46. The van der Waals surface area contributed by atoms with Crippen molar-refractivity contribution in [3.05, 3.63) is 17.0 Å². The first-order valence-corrected chi connectivity index (χ1v) is 6.12. The number of hydrogen-bond donors (Lipinski definition) is 1. The molecule has 1 aromatic heterocycles. The summed E-state index contributed by atoms with van der Waals surface area (Å²) in [5.74, 6) is 1.77. The van der Waals surface area contributed by atoms with Gasteiger partial charge in [0.1, 0.15) is 0 Å². The molecule has 1 aromatic rings. The van der Waals surface area contributed by atoms with Crippen molar-refractivity contribution in [2.24, 2.45) is 5.73 Å². The second-order valence-electron chi connectivity index (χ2n) is 1.69. The van der Waals surface area contributed by atoms with Gasteiger partial charge in [-0.1, -0.05) is 0 Å². The molecule has 0 saturated heterocycles. The maximum absolute atomic E-state index is 10.7. The Hall–Kier alpha value is -0.311. The van der Waals surface area contributed by atoms with Crippen molar-refractivity contribution in [3.8, 4) is 0 Å². The summed E-state index contributed by atoms with van der Waals surface area (Å²) in [6.45, 7) is 0. The molecule has 0 fully saturated rings. The number of carbonyl (C=O) groups excluding carboxylic acids is 1. The number of carbonyl (C=O) groups is 1. The van der Waals surface area contributed by atoms with Gasteiger partial charge in [-0.05, 0) is 0 Å². The van der Waals surface area contributed by atoms with Gasteiger partial charge in [0, 0.05) is 0 Å². The first kappa shape index (κ1) is 7.79. The van der Waals surface area contributed by atoms with E-state index in [-0.39, 0.29) is 5.91 Å². The number of thiophene rings is 1. The monoisotopic (exact) mass is 221 g/mol. The van der Waals surface area contributed by atoms with E-state index in [0.717, 1.165) is 3.78 Å². The minimum atomic E-state index is -0.306. The summed E-state index contributed by atoms with van der Waals surface area (Å²) < 4.78 is 1.14. The third-order valence-electron chi connectivity index (χ3n) is 1.08. The summed E-state index contributed by atoms with van der Waals surface area (Å²) in [5.41, 5.74) is 5.81. The van der Waals surface area contributed by atoms with Gasteiger partial charge in [0.15, 0.2) is 0 Å². The molecule has 0 unspecified atom stereocenters. The van der Waals surface area contributed by atoms with Crippen LogP contribution in [-0.2, 0) is 0 Å². The molecule has 1 heterocycles. The Balaban J connectivity index is 3.01. The Morgan fingerprint density at radius 1 is 1.80 bits per heavy atom. The second-order valence-corrected chi connectivity index (χ2v) is 4.90. The summed E-state index contributed by atoms with van der Waals surface area (Å²) in [5, 5.41) is 1.90. The van der Waals surface area contributed by atoms with Gasteiger partial charge in [0.2, 0.25) is 0 Å². The molecule has 2 nitrogen and oxygen atoms in total. The minimum absolute atomic E-state index is 0.306. The number of rotatable bonds is 2. The molecule has 1 amide bonds. The number of hydrogen-bond acceptors (Lipinski definition) is 2. The van der Waals surface area contributed by atoms with Crippen LogP contribution in [0.1, 0.15) is 10.4 Å². The fourth-order valence-corrected chi connectivity index (χ4v) is 3.13. The zero-order chi connectivity index (χ0) is 7.56. The van der Waals surface area contributed by atoms with Crippen LogP contribution in [0.15, 0.2) is 11.4 Å². The van der Waals surface area contributed by atoms with Crippen molar-refractivity contribution in [2.45, 2.75) is 5.82 Å². The molecule has 10 heavy (non-hydrogen) atoms. The molecule has 0 aliphatic rings. The number of primary amides is 1. The van der Waals surface area contributed by atoms with Gasteiger partial charge < -0.3 is 0 Å². The quantitative estimate of drug-likeness (QED) is 0.712. The average Bonchev–Trinajstić information content (AvgIpc) is 2.33. The maximum atomic E-state index is 10.7. The van der Waals surface area contributed by atoms with E-state index in [1.807, 2.05) is 5.38 Å². The molecule has 0 saturated carbocycles. The van der Waals surface area contributed by atoms with E-state index in [2.05, 4.69) is 5.82 Å². The third-order valence-corrected chi connectivity index (χ3v) is 4.50. The first-order chi connectivity index (χ1) is 4.75. The molecule has 4 heteroatoms. The van der Waals surface area contributed by atoms with Crippen LogP contribution in [0, 0.1) is 0 Å². The summed E-state index contributed by atoms with van der Waals surface area (Å²) in [6, 6.07) is 1.79. The molecule has 0 aliphatic heterocycles. The van der Waals surface area contributed by atoms with Crippen LogP contribution in [-0.4, -0.2) is 20.9 Å². The summed E-state index contributed by atoms with van der Waals surface area (Å²) in [4.78, 5) is 10.7. The van der Waals surface area contributed by atoms with Gasteiger partial charge in [-0.25, -0.2) is 0 Å². The van der Waals surface area contributed by atoms with Crippen LogP contribution in [0.3, 0.4) is 0 Å². The van der Waals surface area contributed by atoms with E-state index >= 15 is 0 Å². The van der Waals surface area contributed by atoms with E-state index in [4.69, 9.17) is 5.73 Å². The van der Waals surface area contributed by atoms with Crippen LogP contribution < -0.4 is 9.51 Å². The van der Waals surface area contributed by atoms with Crippen molar-refractivity contribution in [1.82, 2.24) is 0 Å². The fourth-order valence-electron chi connectivity index (χ4n) is 0.636. The van der Waals surface area contributed by atoms with Gasteiger partial charge in [-0.2, -0.15) is 0 Å². The fraction of sp³-hybridized carbons (Fsp3) is 0.167. The molecule has 0 atom stereocenters. The van der Waals surface area contributed by atoms with Crippen molar-refractivity contribution < 1.29 is 4.79 Å². The Kier molecular flexibility index (Phi) is 2.49. The first-order valence-electron chi connectivity index (χ1n) is 2.67. The summed E-state index contributed by atoms with van der Waals surface area (Å²) in [6.07, 6.45) is 0. The van der Waals surface area contributed by atoms with Gasteiger partial charge in [0.25, 0.3) is 0 Å². The van der Waals surface area contributed by atoms with Crippen LogP contribution in [0.5, 0.6) is 0 Å². The van der Waals surface area contributed by atoms with Gasteiger partial charge >= 0.3 is 69.3 Å². The SMILES string of the molecule is C[Se]c1sccc1C(N)=O. The van der Waals surface area contributed by atoms with Crippen molar-refractivity contribution in [2.75, 3.05) is 0 Å². The average molecular weight is 220 g/mol. The van der Waals surface area contributed by atoms with E-state index in [0.29, 0.717) is 20.5 Å². The Labute approximate surface area is 69.6 Å².